The summed E-state index contributed by atoms with van der Waals surface area (Å²) in [6.07, 6.45) is 6.04. The minimum Gasteiger partial charge on any atom is -0.396 e. The topological polar surface area (TPSA) is 32.3 Å². The zero-order valence-corrected chi connectivity index (χ0v) is 10.5. The molecule has 0 bridgehead atoms. The standard InChI is InChI=1S/C13H27NO/c1-10-6-7-13(9-11(10)2)14-12(3)5-4-8-15/h10-15H,4-9H2,1-3H3/t10-,11+,12+,13+/m0/s1. The monoisotopic (exact) mass is 213 g/mol. The highest BCUT2D eigenvalue weighted by Gasteiger charge is 2.24. The minimum absolute atomic E-state index is 0.324. The van der Waals surface area contributed by atoms with E-state index in [1.807, 2.05) is 0 Å². The van der Waals surface area contributed by atoms with E-state index in [9.17, 15) is 0 Å². The molecule has 0 radical (unpaired) electrons. The van der Waals surface area contributed by atoms with Crippen molar-refractivity contribution in [3.8, 4) is 0 Å². The molecule has 0 spiro atoms. The first-order valence-corrected chi connectivity index (χ1v) is 6.50. The van der Waals surface area contributed by atoms with E-state index in [0.717, 1.165) is 24.7 Å². The van der Waals surface area contributed by atoms with Crippen LogP contribution in [-0.2, 0) is 0 Å². The summed E-state index contributed by atoms with van der Waals surface area (Å²) in [7, 11) is 0. The Morgan fingerprint density at radius 2 is 2.00 bits per heavy atom. The van der Waals surface area contributed by atoms with Gasteiger partial charge in [0.2, 0.25) is 0 Å². The van der Waals surface area contributed by atoms with Gasteiger partial charge >= 0.3 is 0 Å². The number of nitrogens with one attached hydrogen (secondary N) is 1. The molecule has 0 aliphatic heterocycles. The smallest absolute Gasteiger partial charge is 0.0431 e. The van der Waals surface area contributed by atoms with Crippen LogP contribution in [0.15, 0.2) is 0 Å². The van der Waals surface area contributed by atoms with Gasteiger partial charge in [-0.25, -0.2) is 0 Å². The van der Waals surface area contributed by atoms with E-state index in [1.165, 1.54) is 19.3 Å². The van der Waals surface area contributed by atoms with Crippen LogP contribution in [0.25, 0.3) is 0 Å². The highest BCUT2D eigenvalue weighted by molar-refractivity contribution is 4.81. The second kappa shape index (κ2) is 6.49. The van der Waals surface area contributed by atoms with Crippen LogP contribution in [0.3, 0.4) is 0 Å². The number of hydrogen-bond acceptors (Lipinski definition) is 2. The summed E-state index contributed by atoms with van der Waals surface area (Å²) < 4.78 is 0. The lowest BCUT2D eigenvalue weighted by Gasteiger charge is -2.34. The van der Waals surface area contributed by atoms with Crippen LogP contribution in [-0.4, -0.2) is 23.8 Å². The molecule has 1 fully saturated rings. The van der Waals surface area contributed by atoms with Crippen LogP contribution in [0.1, 0.15) is 52.9 Å². The number of rotatable bonds is 5. The second-order valence-corrected chi connectivity index (χ2v) is 5.40. The molecule has 0 aromatic carbocycles. The Hall–Kier alpha value is -0.0800. The molecule has 1 saturated carbocycles. The first kappa shape index (κ1) is 13.0. The summed E-state index contributed by atoms with van der Waals surface area (Å²) in [6.45, 7) is 7.30. The molecule has 0 saturated heterocycles. The first-order chi connectivity index (χ1) is 7.13. The predicted octanol–water partition coefficient (Wildman–Crippen LogP) is 2.56. The fourth-order valence-corrected chi connectivity index (χ4v) is 2.58. The van der Waals surface area contributed by atoms with Crippen molar-refractivity contribution in [2.75, 3.05) is 6.61 Å². The van der Waals surface area contributed by atoms with E-state index in [2.05, 4.69) is 26.1 Å². The highest BCUT2D eigenvalue weighted by atomic mass is 16.2. The molecule has 2 nitrogen and oxygen atoms in total. The van der Waals surface area contributed by atoms with Gasteiger partial charge in [0, 0.05) is 18.7 Å². The van der Waals surface area contributed by atoms with Crippen LogP contribution < -0.4 is 5.32 Å². The van der Waals surface area contributed by atoms with Crippen molar-refractivity contribution in [3.05, 3.63) is 0 Å². The molecule has 1 rings (SSSR count). The molecule has 1 aliphatic carbocycles. The van der Waals surface area contributed by atoms with Crippen molar-refractivity contribution < 1.29 is 5.11 Å². The molecule has 0 aromatic heterocycles. The van der Waals surface area contributed by atoms with Gasteiger partial charge in [0.25, 0.3) is 0 Å². The minimum atomic E-state index is 0.324. The molecule has 0 heterocycles. The van der Waals surface area contributed by atoms with Crippen molar-refractivity contribution in [2.24, 2.45) is 11.8 Å². The fraction of sp³-hybridized carbons (Fsp3) is 1.00. The van der Waals surface area contributed by atoms with E-state index in [4.69, 9.17) is 5.11 Å². The van der Waals surface area contributed by atoms with Crippen molar-refractivity contribution in [1.82, 2.24) is 5.32 Å². The Balaban J connectivity index is 2.21. The van der Waals surface area contributed by atoms with Crippen LogP contribution in [0.2, 0.25) is 0 Å². The molecule has 2 N–H and O–H groups in total. The summed E-state index contributed by atoms with van der Waals surface area (Å²) in [5.74, 6) is 1.76. The second-order valence-electron chi connectivity index (χ2n) is 5.40. The summed E-state index contributed by atoms with van der Waals surface area (Å²) in [4.78, 5) is 0. The lowest BCUT2D eigenvalue weighted by Crippen LogP contribution is -2.41. The lowest BCUT2D eigenvalue weighted by atomic mass is 9.79. The van der Waals surface area contributed by atoms with Gasteiger partial charge in [0.1, 0.15) is 0 Å². The van der Waals surface area contributed by atoms with Crippen molar-refractivity contribution >= 4 is 0 Å². The van der Waals surface area contributed by atoms with E-state index in [1.54, 1.807) is 0 Å². The van der Waals surface area contributed by atoms with E-state index in [0.29, 0.717) is 18.7 Å². The van der Waals surface area contributed by atoms with E-state index < -0.39 is 0 Å². The zero-order chi connectivity index (χ0) is 11.3. The third kappa shape index (κ3) is 4.52. The first-order valence-electron chi connectivity index (χ1n) is 6.50. The molecule has 4 atom stereocenters. The van der Waals surface area contributed by atoms with Gasteiger partial charge in [-0.2, -0.15) is 0 Å². The maximum Gasteiger partial charge on any atom is 0.0431 e. The van der Waals surface area contributed by atoms with Gasteiger partial charge in [-0.05, 0) is 50.9 Å². The van der Waals surface area contributed by atoms with Crippen LogP contribution >= 0.6 is 0 Å². The molecule has 15 heavy (non-hydrogen) atoms. The van der Waals surface area contributed by atoms with Crippen LogP contribution in [0.4, 0.5) is 0 Å². The summed E-state index contributed by atoms with van der Waals surface area (Å²) in [5.41, 5.74) is 0. The SMILES string of the molecule is C[C@H](CCCO)N[C@@H]1CC[C@H](C)[C@H](C)C1. The quantitative estimate of drug-likeness (QED) is 0.735. The predicted molar refractivity (Wildman–Crippen MR) is 64.9 cm³/mol. The third-order valence-electron chi connectivity index (χ3n) is 3.91. The van der Waals surface area contributed by atoms with Crippen molar-refractivity contribution in [1.29, 1.82) is 0 Å². The largest absolute Gasteiger partial charge is 0.396 e. The zero-order valence-electron chi connectivity index (χ0n) is 10.5. The van der Waals surface area contributed by atoms with Crippen LogP contribution in [0, 0.1) is 11.8 Å². The normalized spacial score (nSPS) is 34.0. The molecular weight excluding hydrogens is 186 g/mol. The molecule has 0 aromatic rings. The molecule has 2 heteroatoms. The van der Waals surface area contributed by atoms with Crippen molar-refractivity contribution in [3.63, 3.8) is 0 Å². The van der Waals surface area contributed by atoms with Gasteiger partial charge in [-0.1, -0.05) is 13.8 Å². The molecular formula is C13H27NO. The number of hydrogen-bond donors (Lipinski definition) is 2. The molecule has 1 aliphatic rings. The van der Waals surface area contributed by atoms with Crippen LogP contribution in [0.5, 0.6) is 0 Å². The Morgan fingerprint density at radius 1 is 1.27 bits per heavy atom. The Labute approximate surface area is 94.5 Å². The maximum absolute atomic E-state index is 8.77. The Morgan fingerprint density at radius 3 is 2.60 bits per heavy atom. The van der Waals surface area contributed by atoms with Gasteiger partial charge < -0.3 is 10.4 Å². The summed E-state index contributed by atoms with van der Waals surface area (Å²) in [5, 5.41) is 12.5. The van der Waals surface area contributed by atoms with E-state index >= 15 is 0 Å². The number of aliphatic hydroxyl groups is 1. The van der Waals surface area contributed by atoms with Crippen molar-refractivity contribution in [2.45, 2.75) is 65.0 Å². The third-order valence-corrected chi connectivity index (χ3v) is 3.91. The Bertz CT molecular complexity index is 172. The Kier molecular flexibility index (Phi) is 5.62. The van der Waals surface area contributed by atoms with Gasteiger partial charge in [0.15, 0.2) is 0 Å². The maximum atomic E-state index is 8.77. The lowest BCUT2D eigenvalue weighted by molar-refractivity contribution is 0.210. The molecule has 90 valence electrons. The average Bonchev–Trinajstić information content (AvgIpc) is 2.20. The highest BCUT2D eigenvalue weighted by Crippen LogP contribution is 2.29. The van der Waals surface area contributed by atoms with E-state index in [-0.39, 0.29) is 0 Å². The molecule has 0 amide bonds. The summed E-state index contributed by atoms with van der Waals surface area (Å²) in [6, 6.07) is 1.27. The van der Waals surface area contributed by atoms with Gasteiger partial charge in [-0.3, -0.25) is 0 Å². The van der Waals surface area contributed by atoms with Gasteiger partial charge in [-0.15, -0.1) is 0 Å². The molecule has 0 unspecified atom stereocenters. The fourth-order valence-electron chi connectivity index (χ4n) is 2.58. The average molecular weight is 213 g/mol. The van der Waals surface area contributed by atoms with Gasteiger partial charge in [0.05, 0.1) is 0 Å². The number of aliphatic hydroxyl groups excluding tert-OH is 1. The summed E-state index contributed by atoms with van der Waals surface area (Å²) >= 11 is 0.